The lowest BCUT2D eigenvalue weighted by atomic mass is 10.3. The van der Waals surface area contributed by atoms with E-state index in [-0.39, 0.29) is 5.03 Å². The third kappa shape index (κ3) is 3.29. The van der Waals surface area contributed by atoms with Gasteiger partial charge >= 0.3 is 0 Å². The lowest BCUT2D eigenvalue weighted by Crippen LogP contribution is -2.49. The van der Waals surface area contributed by atoms with Crippen LogP contribution in [-0.4, -0.2) is 65.5 Å². The third-order valence-corrected chi connectivity index (χ3v) is 6.32. The fourth-order valence-electron chi connectivity index (χ4n) is 2.73. The minimum absolute atomic E-state index is 0.0851. The van der Waals surface area contributed by atoms with Gasteiger partial charge in [0, 0.05) is 46.5 Å². The molecule has 136 valence electrons. The molecule has 1 N–H and O–H groups in total. The lowest BCUT2D eigenvalue weighted by Gasteiger charge is -2.35. The van der Waals surface area contributed by atoms with Crippen LogP contribution in [0.15, 0.2) is 17.6 Å². The summed E-state index contributed by atoms with van der Waals surface area (Å²) in [4.78, 5) is 14.4. The maximum absolute atomic E-state index is 12.7. The molecule has 3 heterocycles. The molecule has 0 atom stereocenters. The molecule has 1 aliphatic heterocycles. The monoisotopic (exact) mass is 385 g/mol. The fraction of sp³-hybridized carbons (Fsp3) is 0.500. The SMILES string of the molecule is CNc1c(Cl)ncnc1N1CCN(S(=O)(=O)c2cn(C)c(C)n2)CC1. The van der Waals surface area contributed by atoms with Gasteiger partial charge in [-0.3, -0.25) is 0 Å². The first-order valence-electron chi connectivity index (χ1n) is 7.78. The molecule has 1 fully saturated rings. The second-order valence-corrected chi connectivity index (χ2v) is 7.98. The number of rotatable bonds is 4. The van der Waals surface area contributed by atoms with E-state index in [9.17, 15) is 8.42 Å². The van der Waals surface area contributed by atoms with Crippen LogP contribution < -0.4 is 10.2 Å². The zero-order valence-corrected chi connectivity index (χ0v) is 15.8. The Morgan fingerprint density at radius 1 is 1.20 bits per heavy atom. The number of nitrogens with one attached hydrogen (secondary N) is 1. The van der Waals surface area contributed by atoms with E-state index in [0.29, 0.717) is 48.7 Å². The van der Waals surface area contributed by atoms with Crippen molar-refractivity contribution in [3.63, 3.8) is 0 Å². The lowest BCUT2D eigenvalue weighted by molar-refractivity contribution is 0.382. The van der Waals surface area contributed by atoms with Gasteiger partial charge in [-0.05, 0) is 6.92 Å². The highest BCUT2D eigenvalue weighted by molar-refractivity contribution is 7.89. The normalized spacial score (nSPS) is 16.2. The van der Waals surface area contributed by atoms with Crippen LogP contribution >= 0.6 is 11.6 Å². The van der Waals surface area contributed by atoms with Gasteiger partial charge in [0.15, 0.2) is 16.0 Å². The smallest absolute Gasteiger partial charge is 0.262 e. The zero-order chi connectivity index (χ0) is 18.2. The van der Waals surface area contributed by atoms with E-state index in [0.717, 1.165) is 0 Å². The average molecular weight is 386 g/mol. The second-order valence-electron chi connectivity index (χ2n) is 5.74. The Kier molecular flexibility index (Phi) is 4.85. The van der Waals surface area contributed by atoms with Gasteiger partial charge in [0.2, 0.25) is 0 Å². The highest BCUT2D eigenvalue weighted by atomic mass is 35.5. The van der Waals surface area contributed by atoms with Crippen LogP contribution in [0.1, 0.15) is 5.82 Å². The fourth-order valence-corrected chi connectivity index (χ4v) is 4.40. The van der Waals surface area contributed by atoms with E-state index in [1.54, 1.807) is 31.8 Å². The molecule has 1 aliphatic rings. The quantitative estimate of drug-likeness (QED) is 0.775. The standard InChI is InChI=1S/C14H20ClN7O2S/c1-10-19-11(8-20(10)3)25(23,24)22-6-4-21(5-7-22)14-12(16-2)13(15)17-9-18-14/h8-9,16H,4-7H2,1-3H3. The van der Waals surface area contributed by atoms with E-state index in [2.05, 4.69) is 20.3 Å². The highest BCUT2D eigenvalue weighted by Gasteiger charge is 2.31. The van der Waals surface area contributed by atoms with Gasteiger partial charge in [0.25, 0.3) is 10.0 Å². The van der Waals surface area contributed by atoms with Crippen molar-refractivity contribution in [1.29, 1.82) is 0 Å². The largest absolute Gasteiger partial charge is 0.383 e. The Balaban J connectivity index is 1.77. The van der Waals surface area contributed by atoms with E-state index in [1.165, 1.54) is 10.6 Å². The molecule has 0 aliphatic carbocycles. The number of hydrogen-bond acceptors (Lipinski definition) is 7. The van der Waals surface area contributed by atoms with Crippen LogP contribution in [0.2, 0.25) is 5.15 Å². The van der Waals surface area contributed by atoms with Crippen molar-refractivity contribution in [2.75, 3.05) is 43.4 Å². The van der Waals surface area contributed by atoms with Gasteiger partial charge < -0.3 is 14.8 Å². The first-order chi connectivity index (χ1) is 11.8. The van der Waals surface area contributed by atoms with Crippen molar-refractivity contribution < 1.29 is 8.42 Å². The van der Waals surface area contributed by atoms with Gasteiger partial charge in [-0.1, -0.05) is 11.6 Å². The summed E-state index contributed by atoms with van der Waals surface area (Å²) < 4.78 is 28.6. The van der Waals surface area contributed by atoms with Gasteiger partial charge in [-0.15, -0.1) is 0 Å². The van der Waals surface area contributed by atoms with Gasteiger partial charge in [0.1, 0.15) is 17.8 Å². The van der Waals surface area contributed by atoms with Crippen LogP contribution in [0.25, 0.3) is 0 Å². The number of imidazole rings is 1. The predicted octanol–water partition coefficient (Wildman–Crippen LogP) is 0.725. The average Bonchev–Trinajstić information content (AvgIpc) is 2.94. The maximum Gasteiger partial charge on any atom is 0.262 e. The molecule has 0 bridgehead atoms. The first kappa shape index (κ1) is 17.9. The van der Waals surface area contributed by atoms with Crippen molar-refractivity contribution in [1.82, 2.24) is 23.8 Å². The molecule has 11 heteroatoms. The van der Waals surface area contributed by atoms with E-state index in [4.69, 9.17) is 11.6 Å². The van der Waals surface area contributed by atoms with Crippen molar-refractivity contribution >= 4 is 33.1 Å². The summed E-state index contributed by atoms with van der Waals surface area (Å²) in [5.41, 5.74) is 0.640. The molecule has 25 heavy (non-hydrogen) atoms. The molecule has 0 aromatic carbocycles. The number of halogens is 1. The molecule has 0 unspecified atom stereocenters. The van der Waals surface area contributed by atoms with Crippen LogP contribution in [0.3, 0.4) is 0 Å². The van der Waals surface area contributed by atoms with Crippen molar-refractivity contribution in [2.24, 2.45) is 7.05 Å². The van der Waals surface area contributed by atoms with E-state index in [1.807, 2.05) is 4.90 Å². The highest BCUT2D eigenvalue weighted by Crippen LogP contribution is 2.29. The number of aryl methyl sites for hydroxylation is 2. The number of hydrogen-bond donors (Lipinski definition) is 1. The summed E-state index contributed by atoms with van der Waals surface area (Å²) in [6.07, 6.45) is 2.94. The van der Waals surface area contributed by atoms with Crippen LogP contribution in [-0.2, 0) is 17.1 Å². The van der Waals surface area contributed by atoms with Crippen LogP contribution in [0.5, 0.6) is 0 Å². The van der Waals surface area contributed by atoms with Crippen molar-refractivity contribution in [3.05, 3.63) is 23.5 Å². The van der Waals surface area contributed by atoms with Crippen molar-refractivity contribution in [2.45, 2.75) is 11.9 Å². The summed E-state index contributed by atoms with van der Waals surface area (Å²) in [6, 6.07) is 0. The first-order valence-corrected chi connectivity index (χ1v) is 9.59. The molecule has 9 nitrogen and oxygen atoms in total. The summed E-state index contributed by atoms with van der Waals surface area (Å²) in [6.45, 7) is 3.49. The molecule has 0 saturated carbocycles. The number of sulfonamides is 1. The topological polar surface area (TPSA) is 96.3 Å². The summed E-state index contributed by atoms with van der Waals surface area (Å²) in [5.74, 6) is 1.33. The molecule has 0 spiro atoms. The van der Waals surface area contributed by atoms with E-state index < -0.39 is 10.0 Å². The second kappa shape index (κ2) is 6.77. The van der Waals surface area contributed by atoms with Crippen molar-refractivity contribution in [3.8, 4) is 0 Å². The molecule has 2 aromatic heterocycles. The molecule has 1 saturated heterocycles. The Labute approximate surface area is 151 Å². The Morgan fingerprint density at radius 3 is 2.44 bits per heavy atom. The van der Waals surface area contributed by atoms with Crippen LogP contribution in [0, 0.1) is 6.92 Å². The number of piperazine rings is 1. The summed E-state index contributed by atoms with van der Waals surface area (Å²) in [5, 5.41) is 3.42. The van der Waals surface area contributed by atoms with E-state index >= 15 is 0 Å². The molecular formula is C14H20ClN7O2S. The minimum Gasteiger partial charge on any atom is -0.383 e. The third-order valence-electron chi connectivity index (χ3n) is 4.26. The number of aromatic nitrogens is 4. The summed E-state index contributed by atoms with van der Waals surface area (Å²) in [7, 11) is -0.0695. The Hall–Kier alpha value is -1.91. The molecule has 3 rings (SSSR count). The molecular weight excluding hydrogens is 366 g/mol. The molecule has 0 amide bonds. The van der Waals surface area contributed by atoms with Crippen LogP contribution in [0.4, 0.5) is 11.5 Å². The minimum atomic E-state index is -3.59. The maximum atomic E-state index is 12.7. The Morgan fingerprint density at radius 2 is 1.88 bits per heavy atom. The molecule has 2 aromatic rings. The number of nitrogens with zero attached hydrogens (tertiary/aromatic N) is 6. The Bertz CT molecular complexity index is 856. The summed E-state index contributed by atoms with van der Waals surface area (Å²) >= 11 is 6.09. The zero-order valence-electron chi connectivity index (χ0n) is 14.3. The van der Waals surface area contributed by atoms with Gasteiger partial charge in [0.05, 0.1) is 0 Å². The predicted molar refractivity (Wildman–Crippen MR) is 95.5 cm³/mol. The number of anilines is 2. The molecule has 0 radical (unpaired) electrons. The van der Waals surface area contributed by atoms with Gasteiger partial charge in [-0.2, -0.15) is 4.31 Å². The van der Waals surface area contributed by atoms with Gasteiger partial charge in [-0.25, -0.2) is 23.4 Å².